The van der Waals surface area contributed by atoms with E-state index in [1.54, 1.807) is 13.8 Å². The number of likely N-dealkylation sites (tertiary alicyclic amines) is 4. The highest BCUT2D eigenvalue weighted by atomic mass is 16.4. The predicted octanol–water partition coefficient (Wildman–Crippen LogP) is -3.97. The van der Waals surface area contributed by atoms with E-state index in [1.165, 1.54) is 32.1 Å². The minimum atomic E-state index is -1.52. The molecule has 4 fully saturated rings. The Balaban J connectivity index is 1.28. The number of guanidine groups is 1. The van der Waals surface area contributed by atoms with E-state index < -0.39 is 157 Å². The molecule has 1 aromatic rings. The fraction of sp³-hybridized carbons (Fsp3) is 0.742. The van der Waals surface area contributed by atoms with Gasteiger partial charge < -0.3 is 100 Å². The molecule has 0 unspecified atom stereocenters. The Morgan fingerprint density at radius 1 is 0.537 bits per heavy atom. The first-order valence-electron chi connectivity index (χ1n) is 33.4. The summed E-state index contributed by atoms with van der Waals surface area (Å²) >= 11 is 0. The number of rotatable bonds is 37. The maximum Gasteiger partial charge on any atom is 0.326 e. The minimum Gasteiger partial charge on any atom is -0.480 e. The second kappa shape index (κ2) is 37.9. The van der Waals surface area contributed by atoms with Crippen LogP contribution in [0.3, 0.4) is 0 Å². The van der Waals surface area contributed by atoms with Crippen LogP contribution in [0.25, 0.3) is 0 Å². The van der Waals surface area contributed by atoms with Crippen molar-refractivity contribution in [1.29, 1.82) is 0 Å². The topological polar surface area (TPSA) is 508 Å². The summed E-state index contributed by atoms with van der Waals surface area (Å²) in [6.45, 7) is 10.2. The number of aliphatic hydroxyl groups excluding tert-OH is 2. The van der Waals surface area contributed by atoms with Gasteiger partial charge in [0.05, 0.1) is 25.6 Å². The average molecular weight is 1340 g/mol. The van der Waals surface area contributed by atoms with Gasteiger partial charge in [0.25, 0.3) is 0 Å². The molecule has 532 valence electrons. The van der Waals surface area contributed by atoms with Gasteiger partial charge in [-0.25, -0.2) is 9.78 Å². The van der Waals surface area contributed by atoms with Crippen molar-refractivity contribution in [3.8, 4) is 0 Å². The van der Waals surface area contributed by atoms with E-state index in [9.17, 15) is 72.9 Å². The van der Waals surface area contributed by atoms with E-state index in [4.69, 9.17) is 22.9 Å². The van der Waals surface area contributed by atoms with Crippen molar-refractivity contribution >= 4 is 76.9 Å². The Kier molecular flexibility index (Phi) is 31.0. The number of imidazole rings is 1. The lowest BCUT2D eigenvalue weighted by Crippen LogP contribution is -2.60. The monoisotopic (exact) mass is 1340 g/mol. The number of nitrogens with one attached hydrogen (secondary N) is 8. The zero-order valence-corrected chi connectivity index (χ0v) is 55.7. The summed E-state index contributed by atoms with van der Waals surface area (Å²) < 4.78 is 0. The lowest BCUT2D eigenvalue weighted by atomic mass is 10.0. The second-order valence-corrected chi connectivity index (χ2v) is 26.4. The number of aliphatic imine (C=N–C) groups is 1. The van der Waals surface area contributed by atoms with Gasteiger partial charge in [0.15, 0.2) is 5.96 Å². The number of amides is 11. The van der Waals surface area contributed by atoms with E-state index in [-0.39, 0.29) is 134 Å². The number of carbonyl (C=O) groups is 12. The number of carbonyl (C=O) groups excluding carboxylic acids is 11. The van der Waals surface area contributed by atoms with Crippen molar-refractivity contribution in [2.45, 2.75) is 223 Å². The van der Waals surface area contributed by atoms with Gasteiger partial charge in [0.1, 0.15) is 66.5 Å². The van der Waals surface area contributed by atoms with Crippen LogP contribution in [0.4, 0.5) is 0 Å². The van der Waals surface area contributed by atoms with Crippen LogP contribution in [0.5, 0.6) is 0 Å². The molecule has 19 N–H and O–H groups in total. The van der Waals surface area contributed by atoms with Crippen LogP contribution in [-0.2, 0) is 64.0 Å². The summed E-state index contributed by atoms with van der Waals surface area (Å²) in [5, 5.41) is 48.4. The standard InChI is InChI=1S/C62H104N18O15/c1-34(2)26-41(58(91)78-23-11-17-47(78)56(89)76-45(32-82)53(86)74-43(61(94)95)28-36(5)6)72-55(88)48-18-12-24-79(48)60(93)49-19-13-25-80(49)59(92)42(27-35(3)4)73-54(87)46-16-10-22-77(46)57(90)40(15-9-21-68-62(65)66)71-51(84)39(14-7-8-20-63)70-52(85)44(31-81)75-50(83)38(64)29-37-30-67-33-69-37/h30,33-36,38-49,81-82H,7-29,31-32,63-64H2,1-6H3,(H,67,69)(H,70,85)(H,71,84)(H,72,88)(H,73,87)(H,74,86)(H,75,83)(H,76,89)(H,94,95)(H4,65,66,68)/t38-,39-,40-,41-,42-,43-,44-,45-,46-,47-,48-,49-/m0/s1. The molecule has 0 aliphatic carbocycles. The number of unbranched alkanes of at least 4 members (excludes halogenated alkanes) is 1. The number of nitrogens with zero attached hydrogens (tertiary/aromatic N) is 6. The number of aromatic nitrogens is 2. The van der Waals surface area contributed by atoms with Crippen LogP contribution in [0.1, 0.15) is 150 Å². The van der Waals surface area contributed by atoms with Gasteiger partial charge in [0, 0.05) is 51.0 Å². The average Bonchev–Trinajstić information content (AvgIpc) is 1.74. The molecule has 5 heterocycles. The number of carboxylic acid groups (broad SMARTS) is 1. The summed E-state index contributed by atoms with van der Waals surface area (Å²) in [6.07, 6.45) is 6.86. The molecule has 11 amide bonds. The van der Waals surface area contributed by atoms with Crippen molar-refractivity contribution in [2.75, 3.05) is 52.5 Å². The minimum absolute atomic E-state index is 0.0240. The number of hydrogen-bond donors (Lipinski definition) is 15. The van der Waals surface area contributed by atoms with Gasteiger partial charge in [-0.15, -0.1) is 0 Å². The van der Waals surface area contributed by atoms with Crippen molar-refractivity contribution in [3.05, 3.63) is 18.2 Å². The first-order valence-corrected chi connectivity index (χ1v) is 33.4. The smallest absolute Gasteiger partial charge is 0.326 e. The summed E-state index contributed by atoms with van der Waals surface area (Å²) in [5.41, 5.74) is 23.6. The van der Waals surface area contributed by atoms with Crippen LogP contribution in [0.15, 0.2) is 17.5 Å². The number of aliphatic hydroxyl groups is 2. The SMILES string of the molecule is CC(C)C[C@H](NC(=O)[C@H](CO)NC(=O)[C@@H]1CCCN1C(=O)[C@H](CC(C)C)NC(=O)[C@@H]1CCCN1C(=O)[C@@H]1CCCN1C(=O)[C@H](CC(C)C)NC(=O)[C@@H]1CCCN1C(=O)[C@H](CCCN=C(N)N)NC(=O)[C@H](CCCCN)NC(=O)[C@H](CO)NC(=O)[C@@H](N)Cc1cnc[nH]1)C(=O)O. The molecule has 0 spiro atoms. The molecule has 4 aliphatic heterocycles. The predicted molar refractivity (Wildman–Crippen MR) is 346 cm³/mol. The summed E-state index contributed by atoms with van der Waals surface area (Å²) in [7, 11) is 0. The van der Waals surface area contributed by atoms with Gasteiger partial charge in [-0.05, 0) is 127 Å². The molecule has 33 nitrogen and oxygen atoms in total. The van der Waals surface area contributed by atoms with Gasteiger partial charge in [-0.1, -0.05) is 41.5 Å². The number of H-pyrrole nitrogens is 1. The third-order valence-electron chi connectivity index (χ3n) is 17.4. The molecule has 4 saturated heterocycles. The molecule has 0 radical (unpaired) electrons. The normalized spacial score (nSPS) is 20.4. The number of hydrogen-bond acceptors (Lipinski definition) is 18. The molecule has 33 heteroatoms. The van der Waals surface area contributed by atoms with Gasteiger partial charge in [0.2, 0.25) is 65.0 Å². The first-order chi connectivity index (χ1) is 45.1. The summed E-state index contributed by atoms with van der Waals surface area (Å²) in [5.74, 6) is -9.50. The number of aromatic amines is 1. The van der Waals surface area contributed by atoms with Gasteiger partial charge >= 0.3 is 5.97 Å². The molecule has 0 saturated carbocycles. The Hall–Kier alpha value is -8.04. The van der Waals surface area contributed by atoms with E-state index >= 15 is 0 Å². The first kappa shape index (κ1) is 77.7. The van der Waals surface area contributed by atoms with Crippen LogP contribution < -0.4 is 60.2 Å². The van der Waals surface area contributed by atoms with Crippen LogP contribution in [-0.4, -0.2) is 247 Å². The Morgan fingerprint density at radius 3 is 1.40 bits per heavy atom. The zero-order valence-electron chi connectivity index (χ0n) is 55.7. The Morgan fingerprint density at radius 2 is 0.937 bits per heavy atom. The molecular weight excluding hydrogens is 1240 g/mol. The quantitative estimate of drug-likeness (QED) is 0.0172. The Bertz CT molecular complexity index is 2820. The fourth-order valence-electron chi connectivity index (χ4n) is 12.6. The molecule has 1 aromatic heterocycles. The van der Waals surface area contributed by atoms with Gasteiger partial charge in [-0.2, -0.15) is 0 Å². The van der Waals surface area contributed by atoms with Crippen LogP contribution >= 0.6 is 0 Å². The van der Waals surface area contributed by atoms with E-state index in [1.807, 2.05) is 27.7 Å². The highest BCUT2D eigenvalue weighted by Gasteiger charge is 2.47. The van der Waals surface area contributed by atoms with E-state index in [0.717, 1.165) is 0 Å². The molecule has 95 heavy (non-hydrogen) atoms. The van der Waals surface area contributed by atoms with Crippen molar-refractivity contribution in [1.82, 2.24) is 66.8 Å². The molecule has 12 atom stereocenters. The van der Waals surface area contributed by atoms with E-state index in [0.29, 0.717) is 44.2 Å². The van der Waals surface area contributed by atoms with Crippen molar-refractivity contribution in [3.63, 3.8) is 0 Å². The lowest BCUT2D eigenvalue weighted by Gasteiger charge is -2.35. The van der Waals surface area contributed by atoms with Gasteiger partial charge in [-0.3, -0.25) is 57.7 Å². The maximum atomic E-state index is 14.9. The van der Waals surface area contributed by atoms with Crippen LogP contribution in [0.2, 0.25) is 0 Å². The maximum absolute atomic E-state index is 14.9. The molecule has 0 aromatic carbocycles. The van der Waals surface area contributed by atoms with Crippen molar-refractivity contribution in [2.24, 2.45) is 45.7 Å². The van der Waals surface area contributed by atoms with E-state index in [2.05, 4.69) is 52.2 Å². The third-order valence-corrected chi connectivity index (χ3v) is 17.4. The largest absolute Gasteiger partial charge is 0.480 e. The highest BCUT2D eigenvalue weighted by molar-refractivity contribution is 6.00. The number of aliphatic carboxylic acids is 1. The number of carboxylic acids is 1. The molecule has 0 bridgehead atoms. The molecule has 4 aliphatic rings. The highest BCUT2D eigenvalue weighted by Crippen LogP contribution is 2.29. The molecular formula is C62H104N18O15. The third kappa shape index (κ3) is 22.8. The van der Waals surface area contributed by atoms with Crippen molar-refractivity contribution < 1.29 is 72.9 Å². The lowest BCUT2D eigenvalue weighted by molar-refractivity contribution is -0.149. The van der Waals surface area contributed by atoms with Crippen LogP contribution in [0, 0.1) is 17.8 Å². The zero-order chi connectivity index (χ0) is 70.2. The second-order valence-electron chi connectivity index (χ2n) is 26.4. The summed E-state index contributed by atoms with van der Waals surface area (Å²) in [4.78, 5) is 184. The molecule has 5 rings (SSSR count). The summed E-state index contributed by atoms with van der Waals surface area (Å²) in [6, 6.07) is -14.6. The fourth-order valence-corrected chi connectivity index (χ4v) is 12.6. The number of nitrogens with two attached hydrogens (primary N) is 4. The Labute approximate surface area is 554 Å².